The summed E-state index contributed by atoms with van der Waals surface area (Å²) in [5, 5.41) is 2.90. The van der Waals surface area contributed by atoms with Crippen molar-refractivity contribution in [1.29, 1.82) is 0 Å². The van der Waals surface area contributed by atoms with E-state index in [9.17, 15) is 4.79 Å². The van der Waals surface area contributed by atoms with Gasteiger partial charge in [-0.15, -0.1) is 0 Å². The van der Waals surface area contributed by atoms with Crippen molar-refractivity contribution in [2.75, 3.05) is 40.0 Å². The molecule has 0 aliphatic carbocycles. The molecule has 0 aliphatic heterocycles. The molecule has 0 saturated heterocycles. The van der Waals surface area contributed by atoms with Gasteiger partial charge in [0, 0.05) is 19.3 Å². The summed E-state index contributed by atoms with van der Waals surface area (Å²) >= 11 is 0. The van der Waals surface area contributed by atoms with E-state index in [-0.39, 0.29) is 5.91 Å². The molecule has 1 amide bonds. The first-order valence-electron chi connectivity index (χ1n) is 10.0. The molecule has 2 aromatic rings. The van der Waals surface area contributed by atoms with Crippen LogP contribution in [0.15, 0.2) is 36.5 Å². The smallest absolute Gasteiger partial charge is 0.257 e. The second-order valence-electron chi connectivity index (χ2n) is 6.33. The zero-order valence-electron chi connectivity index (χ0n) is 17.7. The number of pyridine rings is 1. The number of hydrogen-bond acceptors (Lipinski definition) is 6. The van der Waals surface area contributed by atoms with Gasteiger partial charge in [0.1, 0.15) is 12.2 Å². The third-order valence-corrected chi connectivity index (χ3v) is 4.54. The average Bonchev–Trinajstić information content (AvgIpc) is 2.76. The molecule has 0 aliphatic rings. The second-order valence-corrected chi connectivity index (χ2v) is 6.33. The summed E-state index contributed by atoms with van der Waals surface area (Å²) in [7, 11) is 1.61. The van der Waals surface area contributed by atoms with Crippen molar-refractivity contribution < 1.29 is 19.0 Å². The van der Waals surface area contributed by atoms with Crippen LogP contribution in [0.2, 0.25) is 0 Å². The van der Waals surface area contributed by atoms with Crippen LogP contribution in [-0.4, -0.2) is 55.7 Å². The van der Waals surface area contributed by atoms with E-state index >= 15 is 0 Å². The molecule has 1 aromatic heterocycles. The summed E-state index contributed by atoms with van der Waals surface area (Å²) in [5.41, 5.74) is 1.32. The minimum atomic E-state index is -0.236. The van der Waals surface area contributed by atoms with E-state index < -0.39 is 0 Å². The van der Waals surface area contributed by atoms with Crippen molar-refractivity contribution in [1.82, 2.24) is 15.2 Å². The maximum atomic E-state index is 12.5. The van der Waals surface area contributed by atoms with Crippen LogP contribution in [0.3, 0.4) is 0 Å². The van der Waals surface area contributed by atoms with Crippen LogP contribution in [0, 0.1) is 0 Å². The molecule has 7 heteroatoms. The van der Waals surface area contributed by atoms with Crippen molar-refractivity contribution in [2.24, 2.45) is 0 Å². The molecule has 2 rings (SSSR count). The highest BCUT2D eigenvalue weighted by Crippen LogP contribution is 2.28. The largest absolute Gasteiger partial charge is 0.493 e. The van der Waals surface area contributed by atoms with Gasteiger partial charge in [0.05, 0.1) is 13.7 Å². The number of amides is 1. The van der Waals surface area contributed by atoms with Crippen molar-refractivity contribution in [3.8, 4) is 17.4 Å². The van der Waals surface area contributed by atoms with Gasteiger partial charge in [0.2, 0.25) is 5.88 Å². The Kier molecular flexibility index (Phi) is 9.24. The molecule has 158 valence electrons. The molecule has 29 heavy (non-hydrogen) atoms. The first-order valence-corrected chi connectivity index (χ1v) is 10.0. The van der Waals surface area contributed by atoms with Crippen LogP contribution in [0.4, 0.5) is 0 Å². The molecule has 0 fully saturated rings. The third kappa shape index (κ3) is 6.64. The molecule has 1 aromatic carbocycles. The molecule has 7 nitrogen and oxygen atoms in total. The number of rotatable bonds is 12. The van der Waals surface area contributed by atoms with E-state index in [1.165, 1.54) is 0 Å². The summed E-state index contributed by atoms with van der Waals surface area (Å²) in [6.45, 7) is 10.4. The number of carbonyl (C=O) groups is 1. The zero-order chi connectivity index (χ0) is 21.1. The predicted octanol–water partition coefficient (Wildman–Crippen LogP) is 3.14. The first-order chi connectivity index (χ1) is 14.1. The fraction of sp³-hybridized carbons (Fsp3) is 0.455. The van der Waals surface area contributed by atoms with Crippen LogP contribution in [0.1, 0.15) is 36.7 Å². The molecular formula is C22H31N3O4. The lowest BCUT2D eigenvalue weighted by Crippen LogP contribution is -2.28. The summed E-state index contributed by atoms with van der Waals surface area (Å²) < 4.78 is 16.8. The Morgan fingerprint density at radius 2 is 1.90 bits per heavy atom. The van der Waals surface area contributed by atoms with Gasteiger partial charge in [-0.2, -0.15) is 0 Å². The van der Waals surface area contributed by atoms with E-state index in [2.05, 4.69) is 29.0 Å². The highest BCUT2D eigenvalue weighted by Gasteiger charge is 2.14. The van der Waals surface area contributed by atoms with Gasteiger partial charge in [-0.1, -0.05) is 19.9 Å². The maximum Gasteiger partial charge on any atom is 0.257 e. The van der Waals surface area contributed by atoms with Gasteiger partial charge in [0.25, 0.3) is 5.91 Å². The quantitative estimate of drug-likeness (QED) is 0.589. The molecule has 0 saturated carbocycles. The Morgan fingerprint density at radius 3 is 2.59 bits per heavy atom. The number of likely N-dealkylation sites (N-methyl/N-ethyl adjacent to an activating group) is 1. The Balaban J connectivity index is 1.97. The van der Waals surface area contributed by atoms with Gasteiger partial charge in [-0.05, 0) is 49.8 Å². The van der Waals surface area contributed by atoms with E-state index in [0.29, 0.717) is 42.7 Å². The third-order valence-electron chi connectivity index (χ3n) is 4.54. The Hall–Kier alpha value is -2.80. The molecule has 0 spiro atoms. The number of nitrogens with zero attached hydrogens (tertiary/aromatic N) is 2. The van der Waals surface area contributed by atoms with Crippen LogP contribution in [0.5, 0.6) is 17.4 Å². The lowest BCUT2D eigenvalue weighted by atomic mass is 10.2. The van der Waals surface area contributed by atoms with Gasteiger partial charge >= 0.3 is 0 Å². The molecule has 1 heterocycles. The average molecular weight is 402 g/mol. The van der Waals surface area contributed by atoms with E-state index in [4.69, 9.17) is 14.2 Å². The number of hydrogen-bond donors (Lipinski definition) is 1. The minimum Gasteiger partial charge on any atom is -0.493 e. The van der Waals surface area contributed by atoms with Crippen LogP contribution in [0.25, 0.3) is 0 Å². The standard InChI is InChI=1S/C22H31N3O4/c1-5-25(6-2)13-14-29-19-11-10-17(15-20(19)27-4)16-24-21(26)18-9-8-12-23-22(18)28-7-3/h8-12,15H,5-7,13-14,16H2,1-4H3,(H,24,26). The van der Waals surface area contributed by atoms with Gasteiger partial charge < -0.3 is 24.4 Å². The van der Waals surface area contributed by atoms with Gasteiger partial charge in [0.15, 0.2) is 11.5 Å². The SMILES string of the molecule is CCOc1ncccc1C(=O)NCc1ccc(OCCN(CC)CC)c(OC)c1. The van der Waals surface area contributed by atoms with Crippen molar-refractivity contribution in [3.05, 3.63) is 47.7 Å². The first kappa shape index (κ1) is 22.5. The normalized spacial score (nSPS) is 10.7. The number of aromatic nitrogens is 1. The van der Waals surface area contributed by atoms with Crippen molar-refractivity contribution >= 4 is 5.91 Å². The predicted molar refractivity (Wildman–Crippen MR) is 113 cm³/mol. The second kappa shape index (κ2) is 11.9. The van der Waals surface area contributed by atoms with E-state index in [0.717, 1.165) is 25.2 Å². The fourth-order valence-corrected chi connectivity index (χ4v) is 2.86. The van der Waals surface area contributed by atoms with Crippen LogP contribution in [-0.2, 0) is 6.54 Å². The maximum absolute atomic E-state index is 12.5. The van der Waals surface area contributed by atoms with Gasteiger partial charge in [-0.25, -0.2) is 4.98 Å². The Labute approximate surface area is 173 Å². The fourth-order valence-electron chi connectivity index (χ4n) is 2.86. The Morgan fingerprint density at radius 1 is 1.10 bits per heavy atom. The minimum absolute atomic E-state index is 0.236. The lowest BCUT2D eigenvalue weighted by molar-refractivity contribution is 0.0946. The summed E-state index contributed by atoms with van der Waals surface area (Å²) in [5.74, 6) is 1.44. The monoisotopic (exact) mass is 401 g/mol. The highest BCUT2D eigenvalue weighted by atomic mass is 16.5. The summed E-state index contributed by atoms with van der Waals surface area (Å²) in [6, 6.07) is 9.08. The number of benzene rings is 1. The zero-order valence-corrected chi connectivity index (χ0v) is 17.7. The molecule has 0 atom stereocenters. The van der Waals surface area contributed by atoms with E-state index in [1.54, 1.807) is 25.4 Å². The van der Waals surface area contributed by atoms with Crippen molar-refractivity contribution in [2.45, 2.75) is 27.3 Å². The van der Waals surface area contributed by atoms with Gasteiger partial charge in [-0.3, -0.25) is 4.79 Å². The number of carbonyl (C=O) groups excluding carboxylic acids is 1. The Bertz CT molecular complexity index is 778. The summed E-state index contributed by atoms with van der Waals surface area (Å²) in [4.78, 5) is 18.9. The van der Waals surface area contributed by atoms with Crippen molar-refractivity contribution in [3.63, 3.8) is 0 Å². The molecule has 0 unspecified atom stereocenters. The van der Waals surface area contributed by atoms with Crippen LogP contribution >= 0.6 is 0 Å². The molecule has 1 N–H and O–H groups in total. The van der Waals surface area contributed by atoms with Crippen LogP contribution < -0.4 is 19.5 Å². The number of ether oxygens (including phenoxy) is 3. The van der Waals surface area contributed by atoms with E-state index in [1.807, 2.05) is 25.1 Å². The molecular weight excluding hydrogens is 370 g/mol. The number of nitrogens with one attached hydrogen (secondary N) is 1. The topological polar surface area (TPSA) is 72.9 Å². The molecule has 0 radical (unpaired) electrons. The highest BCUT2D eigenvalue weighted by molar-refractivity contribution is 5.96. The number of methoxy groups -OCH3 is 1. The summed E-state index contributed by atoms with van der Waals surface area (Å²) in [6.07, 6.45) is 1.60. The lowest BCUT2D eigenvalue weighted by Gasteiger charge is -2.19. The molecule has 0 bridgehead atoms.